The summed E-state index contributed by atoms with van der Waals surface area (Å²) in [6.45, 7) is 4.56. The Morgan fingerprint density at radius 2 is 1.65 bits per heavy atom. The van der Waals surface area contributed by atoms with E-state index in [-0.39, 0.29) is 11.9 Å². The molecule has 1 N–H and O–H groups in total. The second-order valence-corrected chi connectivity index (χ2v) is 9.24. The van der Waals surface area contributed by atoms with E-state index >= 15 is 0 Å². The van der Waals surface area contributed by atoms with Gasteiger partial charge in [0.2, 0.25) is 5.89 Å². The molecule has 1 heterocycles. The van der Waals surface area contributed by atoms with Gasteiger partial charge in [0, 0.05) is 25.7 Å². The lowest BCUT2D eigenvalue weighted by Crippen LogP contribution is -2.31. The lowest BCUT2D eigenvalue weighted by Gasteiger charge is -2.28. The van der Waals surface area contributed by atoms with E-state index in [2.05, 4.69) is 46.4 Å². The maximum absolute atomic E-state index is 12.5. The Kier molecular flexibility index (Phi) is 9.08. The number of ether oxygens (including phenoxy) is 1. The first-order valence-corrected chi connectivity index (χ1v) is 12.5. The average molecular weight is 499 g/mol. The minimum Gasteiger partial charge on any atom is -0.457 e. The summed E-state index contributed by atoms with van der Waals surface area (Å²) < 4.78 is 11.8. The summed E-state index contributed by atoms with van der Waals surface area (Å²) in [7, 11) is 3.93. The summed E-state index contributed by atoms with van der Waals surface area (Å²) in [4.78, 5) is 21.2. The normalized spacial score (nSPS) is 12.0. The van der Waals surface area contributed by atoms with Crippen LogP contribution in [0.2, 0.25) is 0 Å². The molecule has 3 aromatic carbocycles. The van der Waals surface area contributed by atoms with Gasteiger partial charge in [0.05, 0.1) is 6.54 Å². The van der Waals surface area contributed by atoms with Gasteiger partial charge >= 0.3 is 0 Å². The Balaban J connectivity index is 1.50. The molecule has 7 heteroatoms. The van der Waals surface area contributed by atoms with Crippen LogP contribution in [0.25, 0.3) is 0 Å². The van der Waals surface area contributed by atoms with Gasteiger partial charge in [-0.15, -0.1) is 0 Å². The quantitative estimate of drug-likeness (QED) is 0.277. The van der Waals surface area contributed by atoms with E-state index in [1.165, 1.54) is 11.8 Å². The molecule has 0 saturated heterocycles. The molecule has 4 aromatic rings. The molecule has 0 aliphatic heterocycles. The zero-order valence-electron chi connectivity index (χ0n) is 21.6. The summed E-state index contributed by atoms with van der Waals surface area (Å²) >= 11 is 0. The second kappa shape index (κ2) is 12.9. The van der Waals surface area contributed by atoms with Crippen molar-refractivity contribution in [2.24, 2.45) is 0 Å². The molecular formula is C30H34N4O3. The fourth-order valence-corrected chi connectivity index (χ4v) is 3.98. The number of oxazole rings is 1. The number of nitrogens with one attached hydrogen (secondary N) is 1. The first-order valence-electron chi connectivity index (χ1n) is 12.5. The van der Waals surface area contributed by atoms with Gasteiger partial charge in [0.1, 0.15) is 17.8 Å². The monoisotopic (exact) mass is 498 g/mol. The van der Waals surface area contributed by atoms with Crippen LogP contribution in [0.3, 0.4) is 0 Å². The van der Waals surface area contributed by atoms with Gasteiger partial charge in [-0.3, -0.25) is 9.69 Å². The summed E-state index contributed by atoms with van der Waals surface area (Å²) in [5.41, 5.74) is 2.58. The molecule has 1 aromatic heterocycles. The van der Waals surface area contributed by atoms with Crippen molar-refractivity contribution in [2.75, 3.05) is 27.2 Å². The Bertz CT molecular complexity index is 1260. The number of amides is 1. The van der Waals surface area contributed by atoms with Gasteiger partial charge in [0.15, 0.2) is 5.69 Å². The number of carbonyl (C=O) groups excluding carboxylic acids is 1. The van der Waals surface area contributed by atoms with Gasteiger partial charge in [0.25, 0.3) is 5.91 Å². The predicted molar refractivity (Wildman–Crippen MR) is 144 cm³/mol. The average Bonchev–Trinajstić information content (AvgIpc) is 3.38. The van der Waals surface area contributed by atoms with Crippen LogP contribution in [0.1, 0.15) is 40.5 Å². The highest BCUT2D eigenvalue weighted by molar-refractivity contribution is 5.91. The molecule has 0 bridgehead atoms. The Morgan fingerprint density at radius 3 is 2.38 bits per heavy atom. The summed E-state index contributed by atoms with van der Waals surface area (Å²) in [6.07, 6.45) is 1.43. The third kappa shape index (κ3) is 7.77. The van der Waals surface area contributed by atoms with E-state index in [1.807, 2.05) is 79.7 Å². The largest absolute Gasteiger partial charge is 0.457 e. The van der Waals surface area contributed by atoms with Crippen molar-refractivity contribution in [1.82, 2.24) is 20.1 Å². The number of rotatable bonds is 12. The first kappa shape index (κ1) is 26.1. The SMILES string of the molecule is C[C@H](c1ccccc1)N(Cc1cccc(Oc2ccccc2)c1)Cc1nc(C(=O)NCCN(C)C)co1. The third-order valence-electron chi connectivity index (χ3n) is 6.06. The van der Waals surface area contributed by atoms with Crippen LogP contribution in [-0.2, 0) is 13.1 Å². The Hall–Kier alpha value is -3.94. The van der Waals surface area contributed by atoms with E-state index in [0.29, 0.717) is 31.2 Å². The van der Waals surface area contributed by atoms with Crippen molar-refractivity contribution in [3.8, 4) is 11.5 Å². The van der Waals surface area contributed by atoms with Gasteiger partial charge in [-0.05, 0) is 56.4 Å². The number of carbonyl (C=O) groups is 1. The molecule has 4 rings (SSSR count). The van der Waals surface area contributed by atoms with Crippen LogP contribution in [-0.4, -0.2) is 47.9 Å². The maximum atomic E-state index is 12.5. The second-order valence-electron chi connectivity index (χ2n) is 9.24. The van der Waals surface area contributed by atoms with Gasteiger partial charge in [-0.25, -0.2) is 4.98 Å². The number of aromatic nitrogens is 1. The Morgan fingerprint density at radius 1 is 0.946 bits per heavy atom. The van der Waals surface area contributed by atoms with Gasteiger partial charge in [-0.2, -0.15) is 0 Å². The Labute approximate surface area is 218 Å². The topological polar surface area (TPSA) is 70.8 Å². The van der Waals surface area contributed by atoms with E-state index in [1.54, 1.807) is 0 Å². The van der Waals surface area contributed by atoms with E-state index < -0.39 is 0 Å². The first-order chi connectivity index (χ1) is 18.0. The van der Waals surface area contributed by atoms with Gasteiger partial charge < -0.3 is 19.4 Å². The molecule has 0 unspecified atom stereocenters. The number of benzene rings is 3. The minimum atomic E-state index is -0.231. The lowest BCUT2D eigenvalue weighted by molar-refractivity contribution is 0.0946. The molecule has 0 aliphatic carbocycles. The number of nitrogens with zero attached hydrogens (tertiary/aromatic N) is 3. The molecule has 0 spiro atoms. The van der Waals surface area contributed by atoms with Crippen LogP contribution in [0, 0.1) is 0 Å². The summed E-state index contributed by atoms with van der Waals surface area (Å²) in [5.74, 6) is 1.84. The zero-order valence-corrected chi connectivity index (χ0v) is 21.6. The summed E-state index contributed by atoms with van der Waals surface area (Å²) in [5, 5.41) is 2.88. The smallest absolute Gasteiger partial charge is 0.273 e. The van der Waals surface area contributed by atoms with Crippen molar-refractivity contribution in [2.45, 2.75) is 26.1 Å². The highest BCUT2D eigenvalue weighted by atomic mass is 16.5. The van der Waals surface area contributed by atoms with E-state index in [4.69, 9.17) is 9.15 Å². The van der Waals surface area contributed by atoms with Gasteiger partial charge in [-0.1, -0.05) is 60.7 Å². The number of hydrogen-bond acceptors (Lipinski definition) is 6. The van der Waals surface area contributed by atoms with Crippen LogP contribution >= 0.6 is 0 Å². The zero-order chi connectivity index (χ0) is 26.0. The molecule has 0 saturated carbocycles. The lowest BCUT2D eigenvalue weighted by atomic mass is 10.1. The molecular weight excluding hydrogens is 464 g/mol. The summed E-state index contributed by atoms with van der Waals surface area (Å²) in [6, 6.07) is 28.3. The van der Waals surface area contributed by atoms with Crippen LogP contribution in [0.4, 0.5) is 0 Å². The van der Waals surface area contributed by atoms with Crippen molar-refractivity contribution >= 4 is 5.91 Å². The van der Waals surface area contributed by atoms with Crippen molar-refractivity contribution in [3.05, 3.63) is 114 Å². The molecule has 0 radical (unpaired) electrons. The van der Waals surface area contributed by atoms with Crippen molar-refractivity contribution < 1.29 is 13.9 Å². The third-order valence-corrected chi connectivity index (χ3v) is 6.06. The van der Waals surface area contributed by atoms with Crippen molar-refractivity contribution in [1.29, 1.82) is 0 Å². The molecule has 0 fully saturated rings. The molecule has 192 valence electrons. The van der Waals surface area contributed by atoms with Crippen LogP contribution in [0.5, 0.6) is 11.5 Å². The number of hydrogen-bond donors (Lipinski definition) is 1. The number of likely N-dealkylation sites (N-methyl/N-ethyl adjacent to an activating group) is 1. The molecule has 1 amide bonds. The van der Waals surface area contributed by atoms with Crippen LogP contribution in [0.15, 0.2) is 95.6 Å². The molecule has 0 aliphatic rings. The molecule has 1 atom stereocenters. The maximum Gasteiger partial charge on any atom is 0.273 e. The fraction of sp³-hybridized carbons (Fsp3) is 0.267. The highest BCUT2D eigenvalue weighted by Gasteiger charge is 2.20. The van der Waals surface area contributed by atoms with Crippen molar-refractivity contribution in [3.63, 3.8) is 0 Å². The highest BCUT2D eigenvalue weighted by Crippen LogP contribution is 2.27. The predicted octanol–water partition coefficient (Wildman–Crippen LogP) is 5.52. The minimum absolute atomic E-state index is 0.0872. The van der Waals surface area contributed by atoms with Crippen LogP contribution < -0.4 is 10.1 Å². The molecule has 37 heavy (non-hydrogen) atoms. The number of para-hydroxylation sites is 1. The van der Waals surface area contributed by atoms with E-state index in [0.717, 1.165) is 23.6 Å². The molecule has 7 nitrogen and oxygen atoms in total. The fourth-order valence-electron chi connectivity index (χ4n) is 3.98. The standard InChI is InChI=1S/C30H34N4O3/c1-23(25-12-6-4-7-13-25)34(21-29-32-28(22-36-29)30(35)31-17-18-33(2)3)20-24-11-10-16-27(19-24)37-26-14-8-5-9-15-26/h4-16,19,22-23H,17-18,20-21H2,1-3H3,(H,31,35)/t23-/m1/s1. The van der Waals surface area contributed by atoms with E-state index in [9.17, 15) is 4.79 Å².